The number of anilines is 1. The number of nitrogens with one attached hydrogen (secondary N) is 1. The van der Waals surface area contributed by atoms with E-state index in [0.29, 0.717) is 12.4 Å². The Balaban J connectivity index is 1.99. The van der Waals surface area contributed by atoms with E-state index in [1.54, 1.807) is 18.5 Å². The molecule has 0 aliphatic rings. The van der Waals surface area contributed by atoms with Gasteiger partial charge in [-0.15, -0.1) is 0 Å². The molecule has 1 N–H and O–H groups in total. The molecule has 1 aromatic heterocycles. The first-order valence-electron chi connectivity index (χ1n) is 6.03. The van der Waals surface area contributed by atoms with Crippen LogP contribution in [0, 0.1) is 0 Å². The maximum absolute atomic E-state index is 5.48. The quantitative estimate of drug-likeness (QED) is 0.496. The Bertz CT molecular complexity index is 599. The molecule has 0 spiro atoms. The van der Waals surface area contributed by atoms with Crippen LogP contribution < -0.4 is 10.2 Å². The summed E-state index contributed by atoms with van der Waals surface area (Å²) < 4.78 is 6.36. The minimum atomic E-state index is 0.479. The second kappa shape index (κ2) is 7.45. The lowest BCUT2D eigenvalue weighted by Gasteiger charge is -2.06. The van der Waals surface area contributed by atoms with Crippen LogP contribution in [0.4, 0.5) is 5.82 Å². The molecule has 0 bridgehead atoms. The van der Waals surface area contributed by atoms with Gasteiger partial charge in [-0.3, -0.25) is 5.43 Å². The fourth-order valence-corrected chi connectivity index (χ4v) is 1.98. The summed E-state index contributed by atoms with van der Waals surface area (Å²) in [5.41, 5.74) is 3.81. The predicted molar refractivity (Wildman–Crippen MR) is 85.3 cm³/mol. The largest absolute Gasteiger partial charge is 0.488 e. The minimum Gasteiger partial charge on any atom is -0.488 e. The van der Waals surface area contributed by atoms with Crippen molar-refractivity contribution in [2.45, 2.75) is 0 Å². The summed E-state index contributed by atoms with van der Waals surface area (Å²) in [6, 6.07) is 11.3. The zero-order valence-electron chi connectivity index (χ0n) is 10.8. The van der Waals surface area contributed by atoms with Crippen molar-refractivity contribution in [1.82, 2.24) is 4.98 Å². The summed E-state index contributed by atoms with van der Waals surface area (Å²) in [6.45, 7) is 4.10. The van der Waals surface area contributed by atoms with E-state index in [1.807, 2.05) is 36.4 Å². The van der Waals surface area contributed by atoms with Crippen LogP contribution in [0.5, 0.6) is 5.75 Å². The first kappa shape index (κ1) is 14.3. The summed E-state index contributed by atoms with van der Waals surface area (Å²) in [4.78, 5) is 4.11. The normalized spacial score (nSPS) is 10.4. The van der Waals surface area contributed by atoms with E-state index in [2.05, 4.69) is 38.0 Å². The zero-order valence-corrected chi connectivity index (χ0v) is 12.4. The third-order valence-electron chi connectivity index (χ3n) is 2.37. The molecule has 102 valence electrons. The molecule has 4 nitrogen and oxygen atoms in total. The highest BCUT2D eigenvalue weighted by molar-refractivity contribution is 9.10. The average molecular weight is 332 g/mol. The topological polar surface area (TPSA) is 46.5 Å². The molecule has 0 radical (unpaired) electrons. The Morgan fingerprint density at radius 3 is 2.95 bits per heavy atom. The second-order valence-corrected chi connectivity index (χ2v) is 4.73. The second-order valence-electron chi connectivity index (χ2n) is 3.87. The van der Waals surface area contributed by atoms with E-state index in [9.17, 15) is 0 Å². The van der Waals surface area contributed by atoms with Gasteiger partial charge in [0.2, 0.25) is 0 Å². The molecule has 1 heterocycles. The lowest BCUT2D eigenvalue weighted by atomic mass is 10.2. The van der Waals surface area contributed by atoms with Gasteiger partial charge in [0.1, 0.15) is 18.2 Å². The third kappa shape index (κ3) is 4.20. The van der Waals surface area contributed by atoms with Crippen LogP contribution in [0.1, 0.15) is 5.56 Å². The summed E-state index contributed by atoms with van der Waals surface area (Å²) in [5, 5.41) is 4.13. The van der Waals surface area contributed by atoms with E-state index >= 15 is 0 Å². The van der Waals surface area contributed by atoms with E-state index in [-0.39, 0.29) is 0 Å². The third-order valence-corrected chi connectivity index (χ3v) is 2.99. The van der Waals surface area contributed by atoms with Crippen molar-refractivity contribution in [3.8, 4) is 5.75 Å². The number of hydrogen-bond acceptors (Lipinski definition) is 4. The van der Waals surface area contributed by atoms with Crippen LogP contribution in [0.3, 0.4) is 0 Å². The fraction of sp³-hybridized carbons (Fsp3) is 0.0667. The smallest absolute Gasteiger partial charge is 0.146 e. The number of aromatic nitrogens is 1. The first-order chi connectivity index (χ1) is 9.79. The number of hydrazone groups is 1. The summed E-state index contributed by atoms with van der Waals surface area (Å²) >= 11 is 3.46. The van der Waals surface area contributed by atoms with Gasteiger partial charge in [-0.05, 0) is 51.8 Å². The number of rotatable bonds is 6. The zero-order chi connectivity index (χ0) is 14.2. The lowest BCUT2D eigenvalue weighted by Crippen LogP contribution is -1.95. The van der Waals surface area contributed by atoms with Gasteiger partial charge in [-0.25, -0.2) is 4.98 Å². The molecule has 0 fully saturated rings. The van der Waals surface area contributed by atoms with Crippen LogP contribution in [0.15, 0.2) is 64.8 Å². The minimum absolute atomic E-state index is 0.479. The van der Waals surface area contributed by atoms with E-state index in [4.69, 9.17) is 4.74 Å². The molecule has 2 rings (SSSR count). The molecular formula is C15H14BrN3O. The molecular weight excluding hydrogens is 318 g/mol. The standard InChI is InChI=1S/C15H14BrN3O/c1-2-9-20-14-7-6-12(10-13(14)16)11-18-19-15-5-3-4-8-17-15/h2-8,10-11H,1,9H2,(H,17,19)/b18-11-. The maximum atomic E-state index is 5.48. The van der Waals surface area contributed by atoms with Gasteiger partial charge in [-0.1, -0.05) is 18.7 Å². The molecule has 0 aliphatic heterocycles. The summed E-state index contributed by atoms with van der Waals surface area (Å²) in [5.74, 6) is 1.48. The van der Waals surface area contributed by atoms with Crippen molar-refractivity contribution in [2.24, 2.45) is 5.10 Å². The van der Waals surface area contributed by atoms with Crippen LogP contribution in [0.25, 0.3) is 0 Å². The van der Waals surface area contributed by atoms with Gasteiger partial charge < -0.3 is 4.74 Å². The van der Waals surface area contributed by atoms with Gasteiger partial charge in [0.25, 0.3) is 0 Å². The average Bonchev–Trinajstić information content (AvgIpc) is 2.47. The lowest BCUT2D eigenvalue weighted by molar-refractivity contribution is 0.361. The number of nitrogens with zero attached hydrogens (tertiary/aromatic N) is 2. The molecule has 0 saturated heterocycles. The monoisotopic (exact) mass is 331 g/mol. The van der Waals surface area contributed by atoms with Crippen molar-refractivity contribution in [1.29, 1.82) is 0 Å². The van der Waals surface area contributed by atoms with E-state index in [0.717, 1.165) is 15.8 Å². The molecule has 0 unspecified atom stereocenters. The molecule has 0 saturated carbocycles. The van der Waals surface area contributed by atoms with Crippen LogP contribution >= 0.6 is 15.9 Å². The molecule has 5 heteroatoms. The first-order valence-corrected chi connectivity index (χ1v) is 6.82. The van der Waals surface area contributed by atoms with E-state index in [1.165, 1.54) is 0 Å². The van der Waals surface area contributed by atoms with Gasteiger partial charge in [0.15, 0.2) is 0 Å². The Labute approximate surface area is 126 Å². The van der Waals surface area contributed by atoms with Gasteiger partial charge in [0, 0.05) is 6.20 Å². The summed E-state index contributed by atoms with van der Waals surface area (Å²) in [7, 11) is 0. The van der Waals surface area contributed by atoms with E-state index < -0.39 is 0 Å². The van der Waals surface area contributed by atoms with Crippen molar-refractivity contribution in [3.05, 3.63) is 65.3 Å². The Hall–Kier alpha value is -2.14. The van der Waals surface area contributed by atoms with Crippen LogP contribution in [-0.2, 0) is 0 Å². The van der Waals surface area contributed by atoms with Crippen molar-refractivity contribution in [2.75, 3.05) is 12.0 Å². The number of hydrogen-bond donors (Lipinski definition) is 1. The molecule has 1 aromatic carbocycles. The Kier molecular flexibility index (Phi) is 5.32. The van der Waals surface area contributed by atoms with Gasteiger partial charge in [-0.2, -0.15) is 5.10 Å². The van der Waals surface area contributed by atoms with Gasteiger partial charge >= 0.3 is 0 Å². The molecule has 20 heavy (non-hydrogen) atoms. The highest BCUT2D eigenvalue weighted by atomic mass is 79.9. The molecule has 0 aliphatic carbocycles. The van der Waals surface area contributed by atoms with Crippen molar-refractivity contribution >= 4 is 28.0 Å². The molecule has 0 atom stereocenters. The van der Waals surface area contributed by atoms with Crippen LogP contribution in [0.2, 0.25) is 0 Å². The number of halogens is 1. The SMILES string of the molecule is C=CCOc1ccc(/C=N\Nc2ccccn2)cc1Br. The molecule has 0 amide bonds. The Morgan fingerprint density at radius 2 is 2.25 bits per heavy atom. The highest BCUT2D eigenvalue weighted by Gasteiger charge is 2.00. The Morgan fingerprint density at radius 1 is 1.35 bits per heavy atom. The molecule has 2 aromatic rings. The van der Waals surface area contributed by atoms with Gasteiger partial charge in [0.05, 0.1) is 10.7 Å². The highest BCUT2D eigenvalue weighted by Crippen LogP contribution is 2.25. The summed E-state index contributed by atoms with van der Waals surface area (Å²) in [6.07, 6.45) is 5.13. The van der Waals surface area contributed by atoms with Crippen molar-refractivity contribution < 1.29 is 4.74 Å². The number of pyridine rings is 1. The number of ether oxygens (including phenoxy) is 1. The van der Waals surface area contributed by atoms with Crippen LogP contribution in [-0.4, -0.2) is 17.8 Å². The van der Waals surface area contributed by atoms with Crippen molar-refractivity contribution in [3.63, 3.8) is 0 Å². The number of benzene rings is 1. The fourth-order valence-electron chi connectivity index (χ4n) is 1.46. The maximum Gasteiger partial charge on any atom is 0.146 e. The predicted octanol–water partition coefficient (Wildman–Crippen LogP) is 3.85.